The number of cyclic esters (lactones) is 1. The van der Waals surface area contributed by atoms with Crippen molar-refractivity contribution in [2.24, 2.45) is 0 Å². The van der Waals surface area contributed by atoms with Crippen LogP contribution in [0.5, 0.6) is 0 Å². The van der Waals surface area contributed by atoms with Gasteiger partial charge in [0.05, 0.1) is 18.8 Å². The Morgan fingerprint density at radius 1 is 1.21 bits per heavy atom. The quantitative estimate of drug-likeness (QED) is 0.473. The Labute approximate surface area is 196 Å². The molecule has 1 aromatic heterocycles. The number of ether oxygens (including phenoxy) is 1. The zero-order valence-electron chi connectivity index (χ0n) is 18.8. The maximum absolute atomic E-state index is 14.9. The molecule has 1 fully saturated rings. The zero-order valence-corrected chi connectivity index (χ0v) is 18.8. The lowest BCUT2D eigenvalue weighted by atomic mass is 10.0. The number of amides is 2. The molecule has 4 N–H and O–H groups in total. The van der Waals surface area contributed by atoms with Crippen molar-refractivity contribution in [3.63, 3.8) is 0 Å². The highest BCUT2D eigenvalue weighted by Crippen LogP contribution is 2.29. The molecule has 3 aromatic rings. The number of halogens is 1. The van der Waals surface area contributed by atoms with E-state index in [1.54, 1.807) is 18.3 Å². The SMILES string of the molecule is CC(=O)NCC1CN(c2ccc(-c3ccc(CNCc4cccnc4N)cc3)c(F)c2)C(=O)O1. The van der Waals surface area contributed by atoms with Crippen LogP contribution in [0, 0.1) is 5.82 Å². The molecule has 1 atom stereocenters. The monoisotopic (exact) mass is 463 g/mol. The van der Waals surface area contributed by atoms with Crippen LogP contribution in [0.4, 0.5) is 20.7 Å². The summed E-state index contributed by atoms with van der Waals surface area (Å²) >= 11 is 0. The predicted octanol–water partition coefficient (Wildman–Crippen LogP) is 3.22. The minimum Gasteiger partial charge on any atom is -0.442 e. The lowest BCUT2D eigenvalue weighted by Crippen LogP contribution is -2.33. The topological polar surface area (TPSA) is 110 Å². The second-order valence-corrected chi connectivity index (χ2v) is 8.07. The molecular weight excluding hydrogens is 437 g/mol. The Kier molecular flexibility index (Phi) is 7.03. The third-order valence-corrected chi connectivity index (χ3v) is 5.55. The van der Waals surface area contributed by atoms with Crippen molar-refractivity contribution in [1.29, 1.82) is 0 Å². The number of nitrogens with zero attached hydrogens (tertiary/aromatic N) is 2. The van der Waals surface area contributed by atoms with Gasteiger partial charge in [-0.1, -0.05) is 30.3 Å². The molecule has 34 heavy (non-hydrogen) atoms. The lowest BCUT2D eigenvalue weighted by Gasteiger charge is -2.15. The summed E-state index contributed by atoms with van der Waals surface area (Å²) in [6.45, 7) is 3.08. The number of nitrogen functional groups attached to an aromatic ring is 1. The average molecular weight is 464 g/mol. The third kappa shape index (κ3) is 5.49. The normalized spacial score (nSPS) is 15.3. The van der Waals surface area contributed by atoms with Crippen LogP contribution in [0.3, 0.4) is 0 Å². The van der Waals surface area contributed by atoms with Crippen molar-refractivity contribution >= 4 is 23.5 Å². The fraction of sp³-hybridized carbons (Fsp3) is 0.240. The second-order valence-electron chi connectivity index (χ2n) is 8.07. The van der Waals surface area contributed by atoms with E-state index in [4.69, 9.17) is 10.5 Å². The molecule has 0 radical (unpaired) electrons. The fourth-order valence-corrected chi connectivity index (χ4v) is 3.75. The maximum atomic E-state index is 14.9. The Bertz CT molecular complexity index is 1190. The molecule has 1 aliphatic rings. The van der Waals surface area contributed by atoms with Crippen molar-refractivity contribution < 1.29 is 18.7 Å². The van der Waals surface area contributed by atoms with Gasteiger partial charge in [-0.2, -0.15) is 0 Å². The zero-order chi connectivity index (χ0) is 24.1. The van der Waals surface area contributed by atoms with Crippen LogP contribution in [0.2, 0.25) is 0 Å². The highest BCUT2D eigenvalue weighted by Gasteiger charge is 2.32. The molecule has 2 amide bonds. The molecule has 4 rings (SSSR count). The van der Waals surface area contributed by atoms with Gasteiger partial charge in [0, 0.05) is 37.3 Å². The second kappa shape index (κ2) is 10.3. The molecule has 176 valence electrons. The van der Waals surface area contributed by atoms with E-state index in [0.29, 0.717) is 30.2 Å². The number of rotatable bonds is 8. The van der Waals surface area contributed by atoms with E-state index in [2.05, 4.69) is 15.6 Å². The number of hydrogen-bond acceptors (Lipinski definition) is 6. The highest BCUT2D eigenvalue weighted by molar-refractivity contribution is 5.90. The van der Waals surface area contributed by atoms with Crippen LogP contribution in [-0.4, -0.2) is 36.2 Å². The molecule has 9 heteroatoms. The molecule has 1 unspecified atom stereocenters. The largest absolute Gasteiger partial charge is 0.442 e. The van der Waals surface area contributed by atoms with Gasteiger partial charge in [-0.15, -0.1) is 0 Å². The van der Waals surface area contributed by atoms with Crippen molar-refractivity contribution in [2.45, 2.75) is 26.1 Å². The van der Waals surface area contributed by atoms with Gasteiger partial charge >= 0.3 is 6.09 Å². The molecule has 1 aliphatic heterocycles. The third-order valence-electron chi connectivity index (χ3n) is 5.55. The summed E-state index contributed by atoms with van der Waals surface area (Å²) in [5.74, 6) is -0.131. The van der Waals surface area contributed by atoms with Crippen LogP contribution in [0.1, 0.15) is 18.1 Å². The van der Waals surface area contributed by atoms with Gasteiger partial charge in [0.25, 0.3) is 0 Å². The predicted molar refractivity (Wildman–Crippen MR) is 127 cm³/mol. The Balaban J connectivity index is 1.37. The van der Waals surface area contributed by atoms with E-state index in [-0.39, 0.29) is 19.0 Å². The summed E-state index contributed by atoms with van der Waals surface area (Å²) in [6.07, 6.45) is 0.618. The molecule has 8 nitrogen and oxygen atoms in total. The molecule has 1 saturated heterocycles. The average Bonchev–Trinajstić information content (AvgIpc) is 3.20. The fourth-order valence-electron chi connectivity index (χ4n) is 3.75. The molecule has 0 bridgehead atoms. The van der Waals surface area contributed by atoms with Gasteiger partial charge in [0.1, 0.15) is 17.7 Å². The van der Waals surface area contributed by atoms with E-state index >= 15 is 0 Å². The van der Waals surface area contributed by atoms with E-state index in [9.17, 15) is 14.0 Å². The van der Waals surface area contributed by atoms with Gasteiger partial charge in [-0.05, 0) is 35.4 Å². The number of carbonyl (C=O) groups is 2. The first-order valence-electron chi connectivity index (χ1n) is 10.9. The Morgan fingerprint density at radius 2 is 2.00 bits per heavy atom. The number of nitrogens with two attached hydrogens (primary N) is 1. The van der Waals surface area contributed by atoms with Gasteiger partial charge < -0.3 is 21.1 Å². The Morgan fingerprint density at radius 3 is 2.71 bits per heavy atom. The van der Waals surface area contributed by atoms with Gasteiger partial charge in [-0.3, -0.25) is 9.69 Å². The minimum absolute atomic E-state index is 0.204. The highest BCUT2D eigenvalue weighted by atomic mass is 19.1. The van der Waals surface area contributed by atoms with Crippen molar-refractivity contribution in [3.05, 3.63) is 77.7 Å². The lowest BCUT2D eigenvalue weighted by molar-refractivity contribution is -0.119. The number of anilines is 2. The minimum atomic E-state index is -0.563. The number of aromatic nitrogens is 1. The van der Waals surface area contributed by atoms with Crippen LogP contribution in [0.15, 0.2) is 60.8 Å². The standard InChI is InChI=1S/C25H26FN5O3/c1-16(32)30-14-21-15-31(25(33)34-21)20-8-9-22(23(26)11-20)18-6-4-17(5-7-18)12-28-13-19-3-2-10-29-24(19)27/h2-11,21,28H,12-15H2,1H3,(H2,27,29)(H,30,32). The van der Waals surface area contributed by atoms with E-state index in [1.165, 1.54) is 17.9 Å². The number of benzene rings is 2. The molecule has 0 saturated carbocycles. The van der Waals surface area contributed by atoms with Gasteiger partial charge in [0.2, 0.25) is 5.91 Å². The number of nitrogens with one attached hydrogen (secondary N) is 2. The summed E-state index contributed by atoms with van der Waals surface area (Å²) < 4.78 is 20.2. The molecule has 0 aliphatic carbocycles. The first-order valence-corrected chi connectivity index (χ1v) is 10.9. The smallest absolute Gasteiger partial charge is 0.414 e. The summed E-state index contributed by atoms with van der Waals surface area (Å²) in [5.41, 5.74) is 9.42. The van der Waals surface area contributed by atoms with E-state index < -0.39 is 18.0 Å². The Hall–Kier alpha value is -3.98. The first kappa shape index (κ1) is 23.2. The summed E-state index contributed by atoms with van der Waals surface area (Å²) in [4.78, 5) is 28.7. The van der Waals surface area contributed by atoms with Crippen LogP contribution >= 0.6 is 0 Å². The van der Waals surface area contributed by atoms with Crippen LogP contribution < -0.4 is 21.3 Å². The van der Waals surface area contributed by atoms with Crippen LogP contribution in [0.25, 0.3) is 11.1 Å². The molecule has 2 heterocycles. The molecule has 2 aromatic carbocycles. The van der Waals surface area contributed by atoms with Crippen molar-refractivity contribution in [3.8, 4) is 11.1 Å². The summed E-state index contributed by atoms with van der Waals surface area (Å²) in [5, 5.41) is 5.94. The van der Waals surface area contributed by atoms with E-state index in [1.807, 2.05) is 36.4 Å². The van der Waals surface area contributed by atoms with Crippen molar-refractivity contribution in [2.75, 3.05) is 23.7 Å². The van der Waals surface area contributed by atoms with Crippen LogP contribution in [-0.2, 0) is 22.6 Å². The van der Waals surface area contributed by atoms with Gasteiger partial charge in [-0.25, -0.2) is 14.2 Å². The number of pyridine rings is 1. The van der Waals surface area contributed by atoms with Crippen molar-refractivity contribution in [1.82, 2.24) is 15.6 Å². The summed E-state index contributed by atoms with van der Waals surface area (Å²) in [7, 11) is 0. The van der Waals surface area contributed by atoms with Gasteiger partial charge in [0.15, 0.2) is 0 Å². The molecule has 0 spiro atoms. The number of carbonyl (C=O) groups excluding carboxylic acids is 2. The van der Waals surface area contributed by atoms with E-state index in [0.717, 1.165) is 16.7 Å². The first-order chi connectivity index (χ1) is 16.4. The summed E-state index contributed by atoms with van der Waals surface area (Å²) in [6, 6.07) is 16.0. The molecular formula is C25H26FN5O3. The number of hydrogen-bond donors (Lipinski definition) is 3. The maximum Gasteiger partial charge on any atom is 0.414 e.